The zero-order valence-corrected chi connectivity index (χ0v) is 10.7. The summed E-state index contributed by atoms with van der Waals surface area (Å²) in [5.74, 6) is -0.414. The molecule has 0 saturated carbocycles. The summed E-state index contributed by atoms with van der Waals surface area (Å²) in [5, 5.41) is 0.580. The Labute approximate surface area is 110 Å². The van der Waals surface area contributed by atoms with Crippen molar-refractivity contribution < 1.29 is 9.18 Å². The van der Waals surface area contributed by atoms with Crippen LogP contribution in [0.25, 0.3) is 0 Å². The molecule has 0 unspecified atom stereocenters. The van der Waals surface area contributed by atoms with Crippen molar-refractivity contribution in [1.82, 2.24) is 0 Å². The number of halogens is 2. The second kappa shape index (κ2) is 5.32. The van der Waals surface area contributed by atoms with Crippen LogP contribution in [0.1, 0.15) is 21.5 Å². The van der Waals surface area contributed by atoms with Crippen molar-refractivity contribution in [3.05, 3.63) is 70.0 Å². The molecule has 0 aliphatic rings. The number of carbonyl (C=O) groups excluding carboxylic acids is 1. The number of hydrogen-bond acceptors (Lipinski definition) is 1. The van der Waals surface area contributed by atoms with Crippen LogP contribution in [-0.4, -0.2) is 5.78 Å². The molecular formula is C15H12ClFO. The van der Waals surface area contributed by atoms with Crippen LogP contribution in [0.5, 0.6) is 0 Å². The summed E-state index contributed by atoms with van der Waals surface area (Å²) >= 11 is 6.04. The van der Waals surface area contributed by atoms with Gasteiger partial charge in [0.15, 0.2) is 5.78 Å². The Hall–Kier alpha value is -1.67. The fraction of sp³-hybridized carbons (Fsp3) is 0.133. The van der Waals surface area contributed by atoms with E-state index in [1.54, 1.807) is 6.07 Å². The summed E-state index contributed by atoms with van der Waals surface area (Å²) < 4.78 is 12.8. The number of hydrogen-bond donors (Lipinski definition) is 0. The molecule has 0 fully saturated rings. The van der Waals surface area contributed by atoms with Crippen LogP contribution in [0.4, 0.5) is 4.39 Å². The Morgan fingerprint density at radius 1 is 1.17 bits per heavy atom. The topological polar surface area (TPSA) is 17.1 Å². The zero-order chi connectivity index (χ0) is 13.1. The first-order valence-corrected chi connectivity index (χ1v) is 5.98. The highest BCUT2D eigenvalue weighted by Crippen LogP contribution is 2.19. The Kier molecular flexibility index (Phi) is 3.78. The molecule has 0 amide bonds. The molecule has 18 heavy (non-hydrogen) atoms. The number of carbonyl (C=O) groups is 1. The van der Waals surface area contributed by atoms with Gasteiger partial charge in [-0.25, -0.2) is 4.39 Å². The van der Waals surface area contributed by atoms with Gasteiger partial charge in [0.25, 0.3) is 0 Å². The van der Waals surface area contributed by atoms with Crippen LogP contribution in [-0.2, 0) is 6.42 Å². The number of Topliss-reactive ketones (excluding diaryl/α,β-unsaturated/α-hetero) is 1. The average molecular weight is 263 g/mol. The monoisotopic (exact) mass is 262 g/mol. The first kappa shape index (κ1) is 12.8. The van der Waals surface area contributed by atoms with Crippen molar-refractivity contribution in [3.63, 3.8) is 0 Å². The van der Waals surface area contributed by atoms with Crippen molar-refractivity contribution in [3.8, 4) is 0 Å². The maximum Gasteiger partial charge on any atom is 0.167 e. The van der Waals surface area contributed by atoms with E-state index < -0.39 is 0 Å². The highest BCUT2D eigenvalue weighted by atomic mass is 35.5. The van der Waals surface area contributed by atoms with Gasteiger partial charge in [0.2, 0.25) is 0 Å². The number of benzene rings is 2. The van der Waals surface area contributed by atoms with Crippen LogP contribution in [0.2, 0.25) is 5.02 Å². The first-order valence-electron chi connectivity index (χ1n) is 5.60. The summed E-state index contributed by atoms with van der Waals surface area (Å²) in [6.45, 7) is 1.95. The fourth-order valence-corrected chi connectivity index (χ4v) is 1.93. The number of ketones is 1. The second-order valence-corrected chi connectivity index (χ2v) is 4.61. The summed E-state index contributed by atoms with van der Waals surface area (Å²) in [5.41, 5.74) is 2.35. The molecule has 92 valence electrons. The van der Waals surface area contributed by atoms with E-state index in [4.69, 9.17) is 11.6 Å². The quantitative estimate of drug-likeness (QED) is 0.757. The second-order valence-electron chi connectivity index (χ2n) is 4.20. The molecule has 0 N–H and O–H groups in total. The predicted molar refractivity (Wildman–Crippen MR) is 70.6 cm³/mol. The third-order valence-corrected chi connectivity index (χ3v) is 3.09. The van der Waals surface area contributed by atoms with Gasteiger partial charge in [-0.05, 0) is 42.8 Å². The molecular weight excluding hydrogens is 251 g/mol. The summed E-state index contributed by atoms with van der Waals surface area (Å²) in [6, 6.07) is 11.1. The minimum atomic E-state index is -0.347. The van der Waals surface area contributed by atoms with E-state index >= 15 is 0 Å². The van der Waals surface area contributed by atoms with Crippen molar-refractivity contribution in [1.29, 1.82) is 0 Å². The molecule has 2 aromatic rings. The molecule has 3 heteroatoms. The molecule has 0 aliphatic carbocycles. The zero-order valence-electron chi connectivity index (χ0n) is 9.91. The summed E-state index contributed by atoms with van der Waals surface area (Å²) in [7, 11) is 0. The maximum absolute atomic E-state index is 12.8. The SMILES string of the molecule is Cc1ccc(Cl)c(CC(=O)c2ccc(F)cc2)c1. The fourth-order valence-electron chi connectivity index (χ4n) is 1.75. The lowest BCUT2D eigenvalue weighted by Gasteiger charge is -2.05. The van der Waals surface area contributed by atoms with Crippen LogP contribution >= 0.6 is 11.6 Å². The van der Waals surface area contributed by atoms with Crippen molar-refractivity contribution in [2.75, 3.05) is 0 Å². The molecule has 0 spiro atoms. The molecule has 0 heterocycles. The molecule has 0 atom stereocenters. The van der Waals surface area contributed by atoms with Crippen molar-refractivity contribution in [2.45, 2.75) is 13.3 Å². The molecule has 0 saturated heterocycles. The lowest BCUT2D eigenvalue weighted by molar-refractivity contribution is 0.0993. The first-order chi connectivity index (χ1) is 8.56. The third-order valence-electron chi connectivity index (χ3n) is 2.72. The standard InChI is InChI=1S/C15H12ClFO/c1-10-2-7-14(16)12(8-10)9-15(18)11-3-5-13(17)6-4-11/h2-8H,9H2,1H3. The van der Waals surface area contributed by atoms with Gasteiger partial charge in [-0.3, -0.25) is 4.79 Å². The van der Waals surface area contributed by atoms with Crippen molar-refractivity contribution in [2.24, 2.45) is 0 Å². The van der Waals surface area contributed by atoms with E-state index in [-0.39, 0.29) is 18.0 Å². The van der Waals surface area contributed by atoms with E-state index in [1.165, 1.54) is 24.3 Å². The number of rotatable bonds is 3. The van der Waals surface area contributed by atoms with Gasteiger partial charge in [-0.15, -0.1) is 0 Å². The summed E-state index contributed by atoms with van der Waals surface area (Å²) in [4.78, 5) is 12.0. The van der Waals surface area contributed by atoms with E-state index in [0.717, 1.165) is 11.1 Å². The highest BCUT2D eigenvalue weighted by molar-refractivity contribution is 6.31. The molecule has 2 aromatic carbocycles. The van der Waals surface area contributed by atoms with Gasteiger partial charge in [0, 0.05) is 17.0 Å². The molecule has 1 nitrogen and oxygen atoms in total. The lowest BCUT2D eigenvalue weighted by atomic mass is 10.0. The Morgan fingerprint density at radius 3 is 2.50 bits per heavy atom. The van der Waals surface area contributed by atoms with Crippen LogP contribution < -0.4 is 0 Å². The van der Waals surface area contributed by atoms with E-state index in [1.807, 2.05) is 19.1 Å². The van der Waals surface area contributed by atoms with E-state index in [2.05, 4.69) is 0 Å². The lowest BCUT2D eigenvalue weighted by Crippen LogP contribution is -2.04. The Morgan fingerprint density at radius 2 is 1.83 bits per heavy atom. The smallest absolute Gasteiger partial charge is 0.167 e. The normalized spacial score (nSPS) is 10.4. The average Bonchev–Trinajstić information content (AvgIpc) is 2.34. The maximum atomic E-state index is 12.8. The summed E-state index contributed by atoms with van der Waals surface area (Å²) in [6.07, 6.45) is 0.228. The number of aryl methyl sites for hydroxylation is 1. The highest BCUT2D eigenvalue weighted by Gasteiger charge is 2.10. The molecule has 0 bridgehead atoms. The molecule has 2 rings (SSSR count). The Balaban J connectivity index is 2.21. The van der Waals surface area contributed by atoms with Crippen LogP contribution in [0.3, 0.4) is 0 Å². The largest absolute Gasteiger partial charge is 0.294 e. The Bertz CT molecular complexity index is 576. The predicted octanol–water partition coefficient (Wildman–Crippen LogP) is 4.21. The van der Waals surface area contributed by atoms with E-state index in [0.29, 0.717) is 10.6 Å². The molecule has 0 radical (unpaired) electrons. The van der Waals surface area contributed by atoms with Gasteiger partial charge in [0.1, 0.15) is 5.82 Å². The minimum absolute atomic E-state index is 0.0671. The minimum Gasteiger partial charge on any atom is -0.294 e. The van der Waals surface area contributed by atoms with E-state index in [9.17, 15) is 9.18 Å². The van der Waals surface area contributed by atoms with Crippen LogP contribution in [0, 0.1) is 12.7 Å². The van der Waals surface area contributed by atoms with Gasteiger partial charge in [0.05, 0.1) is 0 Å². The van der Waals surface area contributed by atoms with Gasteiger partial charge >= 0.3 is 0 Å². The van der Waals surface area contributed by atoms with Gasteiger partial charge < -0.3 is 0 Å². The van der Waals surface area contributed by atoms with Crippen molar-refractivity contribution >= 4 is 17.4 Å². The van der Waals surface area contributed by atoms with Gasteiger partial charge in [-0.1, -0.05) is 29.3 Å². The van der Waals surface area contributed by atoms with Gasteiger partial charge in [-0.2, -0.15) is 0 Å². The van der Waals surface area contributed by atoms with Crippen LogP contribution in [0.15, 0.2) is 42.5 Å². The molecule has 0 aliphatic heterocycles. The third kappa shape index (κ3) is 2.96. The molecule has 0 aromatic heterocycles.